The minimum Gasteiger partial charge on any atom is -0.263 e. The van der Waals surface area contributed by atoms with Crippen LogP contribution in [0.15, 0.2) is 18.3 Å². The van der Waals surface area contributed by atoms with Gasteiger partial charge in [-0.1, -0.05) is 11.6 Å². The van der Waals surface area contributed by atoms with Gasteiger partial charge in [0, 0.05) is 6.20 Å². The molecule has 0 spiro atoms. The van der Waals surface area contributed by atoms with Crippen LogP contribution in [-0.4, -0.2) is 20.2 Å². The Hall–Kier alpha value is -1.42. The van der Waals surface area contributed by atoms with Crippen molar-refractivity contribution in [1.82, 2.24) is 20.2 Å². The molecule has 0 unspecified atom stereocenters. The fourth-order valence-electron chi connectivity index (χ4n) is 0.965. The van der Waals surface area contributed by atoms with Gasteiger partial charge < -0.3 is 0 Å². The average Bonchev–Trinajstić information content (AvgIpc) is 2.53. The maximum atomic E-state index is 5.69. The molecule has 0 saturated heterocycles. The topological polar surface area (TPSA) is 54.5 Å². The number of H-pyrrole nitrogens is 1. The summed E-state index contributed by atoms with van der Waals surface area (Å²) in [6.45, 7) is 1.84. The van der Waals surface area contributed by atoms with Crippen LogP contribution >= 0.6 is 11.6 Å². The zero-order chi connectivity index (χ0) is 9.26. The molecule has 4 nitrogen and oxygen atoms in total. The second-order valence-electron chi connectivity index (χ2n) is 2.61. The smallest absolute Gasteiger partial charge is 0.199 e. The van der Waals surface area contributed by atoms with Crippen molar-refractivity contribution in [1.29, 1.82) is 0 Å². The molecule has 5 heteroatoms. The van der Waals surface area contributed by atoms with Crippen LogP contribution in [0.25, 0.3) is 11.5 Å². The molecule has 0 amide bonds. The molecule has 0 atom stereocenters. The van der Waals surface area contributed by atoms with Crippen molar-refractivity contribution in [3.05, 3.63) is 29.2 Å². The third-order valence-corrected chi connectivity index (χ3v) is 1.78. The molecule has 0 radical (unpaired) electrons. The van der Waals surface area contributed by atoms with E-state index in [9.17, 15) is 0 Å². The molecule has 13 heavy (non-hydrogen) atoms. The van der Waals surface area contributed by atoms with Gasteiger partial charge in [0.25, 0.3) is 0 Å². The van der Waals surface area contributed by atoms with Crippen LogP contribution in [-0.2, 0) is 0 Å². The Morgan fingerprint density at radius 2 is 2.23 bits per heavy atom. The number of halogens is 1. The van der Waals surface area contributed by atoms with Gasteiger partial charge in [-0.2, -0.15) is 5.10 Å². The highest BCUT2D eigenvalue weighted by Crippen LogP contribution is 2.13. The number of nitrogens with zero attached hydrogens (tertiary/aromatic N) is 3. The van der Waals surface area contributed by atoms with Crippen molar-refractivity contribution in [2.75, 3.05) is 0 Å². The number of aromatic amines is 1. The predicted octanol–water partition coefficient (Wildman–Crippen LogP) is 1.83. The van der Waals surface area contributed by atoms with E-state index in [4.69, 9.17) is 11.6 Å². The summed E-state index contributed by atoms with van der Waals surface area (Å²) in [4.78, 5) is 8.22. The minimum absolute atomic E-state index is 0.592. The first-order valence-corrected chi connectivity index (χ1v) is 4.14. The largest absolute Gasteiger partial charge is 0.263 e. The van der Waals surface area contributed by atoms with Crippen molar-refractivity contribution in [3.8, 4) is 11.5 Å². The first kappa shape index (κ1) is 8.19. The van der Waals surface area contributed by atoms with Crippen molar-refractivity contribution in [2.45, 2.75) is 6.92 Å². The van der Waals surface area contributed by atoms with Crippen LogP contribution in [0.5, 0.6) is 0 Å². The summed E-state index contributed by atoms with van der Waals surface area (Å²) in [5, 5.41) is 7.33. The lowest BCUT2D eigenvalue weighted by Crippen LogP contribution is -1.84. The summed E-state index contributed by atoms with van der Waals surface area (Å²) >= 11 is 5.69. The Balaban J connectivity index is 2.41. The molecule has 0 fully saturated rings. The molecule has 1 N–H and O–H groups in total. The van der Waals surface area contributed by atoms with Gasteiger partial charge in [0.05, 0.1) is 5.02 Å². The molecule has 2 rings (SSSR count). The van der Waals surface area contributed by atoms with Crippen LogP contribution in [0.4, 0.5) is 0 Å². The molecular formula is C8H7ClN4. The molecule has 2 aromatic heterocycles. The number of hydrogen-bond acceptors (Lipinski definition) is 3. The summed E-state index contributed by atoms with van der Waals surface area (Å²) in [7, 11) is 0. The maximum absolute atomic E-state index is 5.69. The lowest BCUT2D eigenvalue weighted by Gasteiger charge is -1.92. The van der Waals surface area contributed by atoms with Gasteiger partial charge in [0.2, 0.25) is 0 Å². The highest BCUT2D eigenvalue weighted by Gasteiger charge is 2.03. The number of aromatic nitrogens is 4. The van der Waals surface area contributed by atoms with Gasteiger partial charge in [-0.15, -0.1) is 0 Å². The molecule has 0 bridgehead atoms. The molecule has 0 saturated carbocycles. The van der Waals surface area contributed by atoms with Gasteiger partial charge >= 0.3 is 0 Å². The Bertz CT molecular complexity index is 406. The summed E-state index contributed by atoms with van der Waals surface area (Å²) in [6.07, 6.45) is 1.57. The Morgan fingerprint density at radius 1 is 1.38 bits per heavy atom. The van der Waals surface area contributed by atoms with E-state index in [0.717, 1.165) is 5.82 Å². The molecular weight excluding hydrogens is 188 g/mol. The minimum atomic E-state index is 0.592. The number of hydrogen-bond donors (Lipinski definition) is 1. The molecule has 66 valence electrons. The fraction of sp³-hybridized carbons (Fsp3) is 0.125. The summed E-state index contributed by atoms with van der Waals surface area (Å²) in [5.41, 5.74) is 0.716. The van der Waals surface area contributed by atoms with Crippen LogP contribution in [0.1, 0.15) is 5.82 Å². The van der Waals surface area contributed by atoms with Crippen molar-refractivity contribution >= 4 is 11.6 Å². The maximum Gasteiger partial charge on any atom is 0.199 e. The van der Waals surface area contributed by atoms with Crippen LogP contribution in [0.3, 0.4) is 0 Å². The van der Waals surface area contributed by atoms with Gasteiger partial charge in [-0.3, -0.25) is 10.1 Å². The lowest BCUT2D eigenvalue weighted by molar-refractivity contribution is 1.04. The number of pyridine rings is 1. The third kappa shape index (κ3) is 1.67. The quantitative estimate of drug-likeness (QED) is 0.754. The Kier molecular flexibility index (Phi) is 1.98. The second-order valence-corrected chi connectivity index (χ2v) is 3.04. The van der Waals surface area contributed by atoms with Gasteiger partial charge in [0.15, 0.2) is 5.82 Å². The number of rotatable bonds is 1. The van der Waals surface area contributed by atoms with E-state index in [1.165, 1.54) is 0 Å². The van der Waals surface area contributed by atoms with Crippen LogP contribution < -0.4 is 0 Å². The van der Waals surface area contributed by atoms with Gasteiger partial charge in [-0.05, 0) is 19.1 Å². The van der Waals surface area contributed by atoms with E-state index >= 15 is 0 Å². The number of nitrogens with one attached hydrogen (secondary N) is 1. The molecule has 0 aliphatic heterocycles. The molecule has 2 heterocycles. The highest BCUT2D eigenvalue weighted by molar-refractivity contribution is 6.30. The molecule has 0 aliphatic rings. The fourth-order valence-corrected chi connectivity index (χ4v) is 1.08. The summed E-state index contributed by atoms with van der Waals surface area (Å²) < 4.78 is 0. The van der Waals surface area contributed by atoms with E-state index in [1.54, 1.807) is 18.3 Å². The number of aryl methyl sites for hydroxylation is 1. The summed E-state index contributed by atoms with van der Waals surface area (Å²) in [5.74, 6) is 1.36. The normalized spacial score (nSPS) is 10.3. The van der Waals surface area contributed by atoms with Gasteiger partial charge in [-0.25, -0.2) is 4.98 Å². The van der Waals surface area contributed by atoms with Crippen molar-refractivity contribution in [2.24, 2.45) is 0 Å². The van der Waals surface area contributed by atoms with E-state index in [-0.39, 0.29) is 0 Å². The Morgan fingerprint density at radius 3 is 2.77 bits per heavy atom. The average molecular weight is 195 g/mol. The van der Waals surface area contributed by atoms with E-state index < -0.39 is 0 Å². The monoisotopic (exact) mass is 194 g/mol. The van der Waals surface area contributed by atoms with Crippen molar-refractivity contribution in [3.63, 3.8) is 0 Å². The van der Waals surface area contributed by atoms with Gasteiger partial charge in [0.1, 0.15) is 11.5 Å². The SMILES string of the molecule is Cc1nc(-c2ccc(Cl)cn2)n[nH]1. The molecule has 0 aromatic carbocycles. The van der Waals surface area contributed by atoms with E-state index in [2.05, 4.69) is 20.2 Å². The zero-order valence-electron chi connectivity index (χ0n) is 6.95. The van der Waals surface area contributed by atoms with Crippen molar-refractivity contribution < 1.29 is 0 Å². The highest BCUT2D eigenvalue weighted by atomic mass is 35.5. The van der Waals surface area contributed by atoms with E-state index in [1.807, 2.05) is 6.92 Å². The first-order valence-electron chi connectivity index (χ1n) is 3.76. The third-order valence-electron chi connectivity index (χ3n) is 1.55. The predicted molar refractivity (Wildman–Crippen MR) is 49.4 cm³/mol. The second kappa shape index (κ2) is 3.14. The standard InChI is InChI=1S/C8H7ClN4/c1-5-11-8(13-12-5)7-3-2-6(9)4-10-7/h2-4H,1H3,(H,11,12,13). The first-order chi connectivity index (χ1) is 6.25. The summed E-state index contributed by atoms with van der Waals surface area (Å²) in [6, 6.07) is 3.54. The van der Waals surface area contributed by atoms with Crippen LogP contribution in [0.2, 0.25) is 5.02 Å². The zero-order valence-corrected chi connectivity index (χ0v) is 7.71. The molecule has 2 aromatic rings. The Labute approximate surface area is 80.0 Å². The lowest BCUT2D eigenvalue weighted by atomic mass is 10.3. The van der Waals surface area contributed by atoms with Crippen LogP contribution in [0, 0.1) is 6.92 Å². The van der Waals surface area contributed by atoms with E-state index in [0.29, 0.717) is 16.5 Å². The molecule has 0 aliphatic carbocycles.